The maximum absolute atomic E-state index is 13.3. The summed E-state index contributed by atoms with van der Waals surface area (Å²) in [6, 6.07) is 34.8. The molecule has 0 saturated heterocycles. The number of rotatable bonds is 14. The van der Waals surface area contributed by atoms with E-state index in [0.717, 1.165) is 18.2 Å². The van der Waals surface area contributed by atoms with E-state index in [0.29, 0.717) is 63.2 Å². The Balaban J connectivity index is 0.000000241. The molecule has 0 saturated carbocycles. The molecule has 0 aliphatic carbocycles. The number of aryl methyl sites for hydroxylation is 2. The number of nitrogens with one attached hydrogen (secondary N) is 2. The number of phenolic OH excluding ortho intramolecular Hbond substituents is 1. The summed E-state index contributed by atoms with van der Waals surface area (Å²) in [7, 11) is -9.18. The van der Waals surface area contributed by atoms with Crippen molar-refractivity contribution in [3.63, 3.8) is 0 Å². The number of benzene rings is 8. The van der Waals surface area contributed by atoms with Gasteiger partial charge >= 0.3 is 37.7 Å². The van der Waals surface area contributed by atoms with Gasteiger partial charge in [0.2, 0.25) is 0 Å². The third kappa shape index (κ3) is 14.0. The molecular weight excluding hydrogens is 1080 g/mol. The standard InChI is InChI=1S/2C26H22ClN3O6S.Ca/c2*1-3-36-18-10-8-17(9-11-18)28-26(32)21-13-16-6-4-5-7-20(16)24(25(21)31)30-29-23-15(2)12-19(14-22(23)27)37(33,34)35;/h2*4-14,31H,3H2,1-2H3,(H,28,32)(H,33,34,35);/q;;+2/p-2. The van der Waals surface area contributed by atoms with E-state index in [1.165, 1.54) is 19.1 Å². The van der Waals surface area contributed by atoms with Crippen LogP contribution in [0.4, 0.5) is 34.1 Å². The number of ether oxygens (including phenoxy) is 2. The predicted molar refractivity (Wildman–Crippen MR) is 284 cm³/mol. The summed E-state index contributed by atoms with van der Waals surface area (Å²) in [6.07, 6.45) is 0. The average Bonchev–Trinajstić information content (AvgIpc) is 3.35. The summed E-state index contributed by atoms with van der Waals surface area (Å²) in [5, 5.41) is 48.3. The van der Waals surface area contributed by atoms with Gasteiger partial charge < -0.3 is 34.9 Å². The van der Waals surface area contributed by atoms with Crippen LogP contribution in [0.5, 0.6) is 23.0 Å². The van der Waals surface area contributed by atoms with E-state index in [1.807, 2.05) is 13.8 Å². The summed E-state index contributed by atoms with van der Waals surface area (Å²) in [5.74, 6) is -0.928. The van der Waals surface area contributed by atoms with E-state index < -0.39 is 48.4 Å². The number of hydrogen-bond donors (Lipinski definition) is 4. The Bertz CT molecular complexity index is 3480. The first kappa shape index (κ1) is 57.6. The molecule has 8 aromatic rings. The SMILES string of the molecule is CCOc1ccc(NC(=O)c2cc3ccccc3c(N=Nc3c(C)cc(S(=O)(=O)O)cc3Cl)c2O)cc1.CCOc1ccc(NC(=O)c2cc3ccccc3c(N=Nc3c(C)cc(S(=O)(=O)[O-])cc3Cl)c2[O-])cc1.[Ca+2]. The van der Waals surface area contributed by atoms with E-state index >= 15 is 0 Å². The number of hydrogen-bond acceptors (Lipinski definition) is 15. The van der Waals surface area contributed by atoms with Gasteiger partial charge in [-0.05, 0) is 135 Å². The second-order valence-corrected chi connectivity index (χ2v) is 19.6. The molecule has 23 heteroatoms. The molecule has 0 aliphatic heterocycles. The van der Waals surface area contributed by atoms with Gasteiger partial charge in [0.05, 0.1) is 44.3 Å². The van der Waals surface area contributed by atoms with Crippen molar-refractivity contribution in [3.05, 3.63) is 166 Å². The van der Waals surface area contributed by atoms with Crippen LogP contribution < -0.4 is 25.2 Å². The molecule has 0 bridgehead atoms. The molecular formula is C52H42CaCl2N6O12S2. The normalized spacial score (nSPS) is 11.5. The Hall–Kier alpha value is -6.72. The van der Waals surface area contributed by atoms with Gasteiger partial charge in [0.1, 0.15) is 38.7 Å². The van der Waals surface area contributed by atoms with Gasteiger partial charge in [-0.15, -0.1) is 15.3 Å². The largest absolute Gasteiger partial charge is 2.00 e. The van der Waals surface area contributed by atoms with Crippen molar-refractivity contribution in [1.29, 1.82) is 0 Å². The summed E-state index contributed by atoms with van der Waals surface area (Å²) >= 11 is 12.4. The van der Waals surface area contributed by atoms with Crippen LogP contribution in [0.3, 0.4) is 0 Å². The molecule has 0 fully saturated rings. The number of phenols is 1. The third-order valence-electron chi connectivity index (χ3n) is 10.8. The summed E-state index contributed by atoms with van der Waals surface area (Å²) in [4.78, 5) is 25.2. The van der Waals surface area contributed by atoms with Gasteiger partial charge in [0.15, 0.2) is 5.75 Å². The second-order valence-electron chi connectivity index (χ2n) is 16.0. The second kappa shape index (κ2) is 24.7. The van der Waals surface area contributed by atoms with E-state index in [4.69, 9.17) is 32.7 Å². The smallest absolute Gasteiger partial charge is 0.870 e. The van der Waals surface area contributed by atoms with Crippen LogP contribution in [0.2, 0.25) is 10.0 Å². The average molecular weight is 1120 g/mol. The monoisotopic (exact) mass is 1120 g/mol. The molecule has 4 N–H and O–H groups in total. The van der Waals surface area contributed by atoms with Gasteiger partial charge in [0.25, 0.3) is 21.9 Å². The summed E-state index contributed by atoms with van der Waals surface area (Å²) in [6.45, 7) is 7.81. The van der Waals surface area contributed by atoms with Crippen molar-refractivity contribution in [3.8, 4) is 23.0 Å². The minimum absolute atomic E-state index is 0. The van der Waals surface area contributed by atoms with Crippen molar-refractivity contribution in [2.24, 2.45) is 20.5 Å². The van der Waals surface area contributed by atoms with Crippen LogP contribution in [-0.4, -0.2) is 93.8 Å². The number of carbonyl (C=O) groups excluding carboxylic acids is 2. The Kier molecular flexibility index (Phi) is 19.0. The van der Waals surface area contributed by atoms with Crippen LogP contribution in [0.1, 0.15) is 45.7 Å². The van der Waals surface area contributed by atoms with E-state index in [2.05, 4.69) is 31.1 Å². The molecule has 0 aromatic heterocycles. The quantitative estimate of drug-likeness (QED) is 0.0449. The number of fused-ring (bicyclic) bond motifs is 2. The number of azo groups is 2. The number of nitrogens with zero attached hydrogens (tertiary/aromatic N) is 4. The molecule has 18 nitrogen and oxygen atoms in total. The number of amides is 2. The zero-order valence-electron chi connectivity index (χ0n) is 40.2. The van der Waals surface area contributed by atoms with Gasteiger partial charge in [-0.2, -0.15) is 13.5 Å². The molecule has 8 aromatic carbocycles. The minimum Gasteiger partial charge on any atom is -0.870 e. The molecule has 0 radical (unpaired) electrons. The number of halogens is 2. The minimum atomic E-state index is -4.72. The summed E-state index contributed by atoms with van der Waals surface area (Å²) < 4.78 is 77.1. The molecule has 0 unspecified atom stereocenters. The summed E-state index contributed by atoms with van der Waals surface area (Å²) in [5.41, 5.74) is 1.58. The first-order valence-corrected chi connectivity index (χ1v) is 25.7. The van der Waals surface area contributed by atoms with Gasteiger partial charge in [-0.1, -0.05) is 77.5 Å². The predicted octanol–water partition coefficient (Wildman–Crippen LogP) is 12.3. The van der Waals surface area contributed by atoms with Gasteiger partial charge in [0, 0.05) is 27.7 Å². The zero-order chi connectivity index (χ0) is 53.5. The molecule has 0 heterocycles. The van der Waals surface area contributed by atoms with Crippen molar-refractivity contribution in [2.75, 3.05) is 23.8 Å². The first-order valence-electron chi connectivity index (χ1n) is 22.1. The van der Waals surface area contributed by atoms with Crippen molar-refractivity contribution in [1.82, 2.24) is 0 Å². The van der Waals surface area contributed by atoms with Crippen LogP contribution in [0.25, 0.3) is 21.5 Å². The Morgan fingerprint density at radius 1 is 0.587 bits per heavy atom. The topological polar surface area (TPSA) is 281 Å². The molecule has 0 aliphatic rings. The molecule has 8 rings (SSSR count). The van der Waals surface area contributed by atoms with Crippen molar-refractivity contribution < 1.29 is 55.2 Å². The fourth-order valence-electron chi connectivity index (χ4n) is 7.32. The van der Waals surface area contributed by atoms with E-state index in [-0.39, 0.29) is 92.1 Å². The molecule has 75 heavy (non-hydrogen) atoms. The molecule has 2 amide bonds. The number of aromatic hydroxyl groups is 1. The maximum atomic E-state index is 13.3. The fourth-order valence-corrected chi connectivity index (χ4v) is 9.24. The van der Waals surface area contributed by atoms with E-state index in [9.17, 15) is 45.7 Å². The van der Waals surface area contributed by atoms with Crippen LogP contribution in [0, 0.1) is 13.8 Å². The van der Waals surface area contributed by atoms with Crippen LogP contribution in [0.15, 0.2) is 164 Å². The van der Waals surface area contributed by atoms with Crippen molar-refractivity contribution in [2.45, 2.75) is 37.5 Å². The Morgan fingerprint density at radius 3 is 1.44 bits per heavy atom. The van der Waals surface area contributed by atoms with Crippen LogP contribution >= 0.6 is 23.2 Å². The third-order valence-corrected chi connectivity index (χ3v) is 13.1. The maximum Gasteiger partial charge on any atom is 2.00 e. The van der Waals surface area contributed by atoms with E-state index in [1.54, 1.807) is 110 Å². The molecule has 0 atom stereocenters. The fraction of sp³-hybridized carbons (Fsp3) is 0.115. The number of carbonyl (C=O) groups is 2. The van der Waals surface area contributed by atoms with Crippen molar-refractivity contribution >= 4 is 149 Å². The first-order chi connectivity index (χ1) is 35.2. The van der Waals surface area contributed by atoms with Crippen LogP contribution in [-0.2, 0) is 20.2 Å². The molecule has 0 spiro atoms. The van der Waals surface area contributed by atoms with Gasteiger partial charge in [-0.25, -0.2) is 8.42 Å². The van der Waals surface area contributed by atoms with Gasteiger partial charge in [-0.3, -0.25) is 14.1 Å². The Morgan fingerprint density at radius 2 is 0.987 bits per heavy atom. The Labute approximate surface area is 470 Å². The number of anilines is 2. The zero-order valence-corrected chi connectivity index (χ0v) is 45.5. The molecule has 380 valence electrons.